The minimum absolute atomic E-state index is 0.193. The third kappa shape index (κ3) is 5.43. The molecule has 2 aromatic rings. The van der Waals surface area contributed by atoms with E-state index in [2.05, 4.69) is 87.5 Å². The van der Waals surface area contributed by atoms with E-state index >= 15 is 0 Å². The molecule has 0 amide bonds. The van der Waals surface area contributed by atoms with Gasteiger partial charge in [0, 0.05) is 5.67 Å². The largest absolute Gasteiger partial charge is 0.242 e. The van der Waals surface area contributed by atoms with Crippen LogP contribution in [0.15, 0.2) is 48.5 Å². The Morgan fingerprint density at radius 1 is 0.893 bits per heavy atom. The van der Waals surface area contributed by atoms with Gasteiger partial charge in [-0.3, -0.25) is 0 Å². The van der Waals surface area contributed by atoms with Crippen molar-refractivity contribution in [3.63, 3.8) is 0 Å². The second kappa shape index (κ2) is 9.06. The Labute approximate surface area is 175 Å². The number of aryl methyl sites for hydroxylation is 2. The zero-order chi connectivity index (χ0) is 21.1. The van der Waals surface area contributed by atoms with Gasteiger partial charge in [-0.1, -0.05) is 90.4 Å². The summed E-state index contributed by atoms with van der Waals surface area (Å²) >= 11 is 0. The standard InChI is InChI=1S/C24H37NOSSi/c1-18(2)17-23(25-27(26)24(5,6)7)28(8,21-13-9-19(3)10-14-21)22-15-11-20(4)12-16-22/h9-16,18,23,25H,17H2,1-8H3/t23-,27-/m1/s1. The van der Waals surface area contributed by atoms with Crippen molar-refractivity contribution in [1.82, 2.24) is 4.72 Å². The van der Waals surface area contributed by atoms with Crippen LogP contribution in [0.2, 0.25) is 6.55 Å². The SMILES string of the molecule is Cc1ccc([Si](C)(c2ccc(C)cc2)[C@H](CC(C)C)N[S@](=O)C(C)(C)C)cc1. The van der Waals surface area contributed by atoms with Gasteiger partial charge in [0.2, 0.25) is 0 Å². The molecule has 0 spiro atoms. The molecule has 0 aliphatic heterocycles. The summed E-state index contributed by atoms with van der Waals surface area (Å²) in [4.78, 5) is 0. The van der Waals surface area contributed by atoms with Gasteiger partial charge >= 0.3 is 0 Å². The summed E-state index contributed by atoms with van der Waals surface area (Å²) < 4.78 is 16.4. The molecule has 154 valence electrons. The Balaban J connectivity index is 2.62. The van der Waals surface area contributed by atoms with Gasteiger partial charge in [0.1, 0.15) is 8.07 Å². The minimum Gasteiger partial charge on any atom is -0.242 e. The first-order valence-corrected chi connectivity index (χ1v) is 14.0. The van der Waals surface area contributed by atoms with E-state index in [0.29, 0.717) is 5.92 Å². The van der Waals surface area contributed by atoms with Crippen LogP contribution in [0.4, 0.5) is 0 Å². The molecule has 0 heterocycles. The Hall–Kier alpha value is -1.23. The van der Waals surface area contributed by atoms with E-state index in [1.807, 2.05) is 20.8 Å². The van der Waals surface area contributed by atoms with E-state index in [0.717, 1.165) is 6.42 Å². The molecule has 0 bridgehead atoms. The molecule has 2 aromatic carbocycles. The van der Waals surface area contributed by atoms with Crippen molar-refractivity contribution in [2.45, 2.75) is 71.8 Å². The second-order valence-corrected chi connectivity index (χ2v) is 15.9. The second-order valence-electron chi connectivity index (χ2n) is 9.62. The zero-order valence-corrected chi connectivity index (χ0v) is 20.6. The molecule has 0 saturated carbocycles. The van der Waals surface area contributed by atoms with E-state index in [1.165, 1.54) is 21.5 Å². The summed E-state index contributed by atoms with van der Waals surface area (Å²) in [6.45, 7) is 17.3. The van der Waals surface area contributed by atoms with E-state index in [1.54, 1.807) is 0 Å². The van der Waals surface area contributed by atoms with Crippen LogP contribution in [0.1, 0.15) is 52.2 Å². The quantitative estimate of drug-likeness (QED) is 0.663. The van der Waals surface area contributed by atoms with Gasteiger partial charge in [0.05, 0.1) is 15.7 Å². The van der Waals surface area contributed by atoms with Gasteiger partial charge in [-0.15, -0.1) is 0 Å². The molecule has 0 aliphatic carbocycles. The van der Waals surface area contributed by atoms with Crippen molar-refractivity contribution in [2.24, 2.45) is 5.92 Å². The summed E-state index contributed by atoms with van der Waals surface area (Å²) in [6, 6.07) is 18.0. The third-order valence-electron chi connectivity index (χ3n) is 5.51. The Morgan fingerprint density at radius 3 is 1.61 bits per heavy atom. The van der Waals surface area contributed by atoms with Crippen LogP contribution in [-0.2, 0) is 11.0 Å². The molecule has 2 rings (SSSR count). The molecule has 4 heteroatoms. The fourth-order valence-electron chi connectivity index (χ4n) is 3.55. The van der Waals surface area contributed by atoms with Gasteiger partial charge in [-0.25, -0.2) is 8.93 Å². The lowest BCUT2D eigenvalue weighted by Gasteiger charge is -2.39. The summed E-state index contributed by atoms with van der Waals surface area (Å²) in [5.41, 5.74) is 2.74. The number of benzene rings is 2. The van der Waals surface area contributed by atoms with Crippen LogP contribution in [0.25, 0.3) is 0 Å². The Morgan fingerprint density at radius 2 is 1.29 bits per heavy atom. The minimum atomic E-state index is -2.19. The summed E-state index contributed by atoms with van der Waals surface area (Å²) in [5.74, 6) is 0.525. The van der Waals surface area contributed by atoms with Crippen LogP contribution in [-0.4, -0.2) is 22.7 Å². The zero-order valence-electron chi connectivity index (χ0n) is 18.8. The lowest BCUT2D eigenvalue weighted by Crippen LogP contribution is -2.69. The Bertz CT molecular complexity index is 745. The van der Waals surface area contributed by atoms with E-state index in [9.17, 15) is 4.21 Å². The first-order chi connectivity index (χ1) is 12.9. The molecule has 1 N–H and O–H groups in total. The fraction of sp³-hybridized carbons (Fsp3) is 0.500. The maximum atomic E-state index is 13.1. The van der Waals surface area contributed by atoms with Gasteiger partial charge in [0.15, 0.2) is 0 Å². The molecule has 2 atom stereocenters. The first-order valence-electron chi connectivity index (χ1n) is 10.3. The van der Waals surface area contributed by atoms with Gasteiger partial charge in [-0.2, -0.15) is 0 Å². The van der Waals surface area contributed by atoms with E-state index in [4.69, 9.17) is 0 Å². The van der Waals surface area contributed by atoms with Gasteiger partial charge in [0.25, 0.3) is 0 Å². The lowest BCUT2D eigenvalue weighted by molar-refractivity contribution is 0.536. The maximum absolute atomic E-state index is 13.1. The van der Waals surface area contributed by atoms with Gasteiger partial charge in [-0.05, 0) is 47.0 Å². The van der Waals surface area contributed by atoms with Crippen molar-refractivity contribution in [3.8, 4) is 0 Å². The van der Waals surface area contributed by atoms with Crippen LogP contribution in [0.5, 0.6) is 0 Å². The molecule has 0 fully saturated rings. The number of rotatable bonds is 7. The van der Waals surface area contributed by atoms with Crippen molar-refractivity contribution >= 4 is 29.4 Å². The average molecular weight is 416 g/mol. The van der Waals surface area contributed by atoms with E-state index in [-0.39, 0.29) is 10.4 Å². The monoisotopic (exact) mass is 415 g/mol. The highest BCUT2D eigenvalue weighted by molar-refractivity contribution is 7.84. The third-order valence-corrected chi connectivity index (χ3v) is 12.2. The molecule has 2 nitrogen and oxygen atoms in total. The van der Waals surface area contributed by atoms with Crippen molar-refractivity contribution < 1.29 is 4.21 Å². The average Bonchev–Trinajstić information content (AvgIpc) is 2.60. The highest BCUT2D eigenvalue weighted by atomic mass is 32.2. The smallest absolute Gasteiger partial charge is 0.132 e. The van der Waals surface area contributed by atoms with Crippen molar-refractivity contribution in [3.05, 3.63) is 59.7 Å². The summed E-state index contributed by atoms with van der Waals surface area (Å²) in [7, 11) is -3.29. The number of hydrogen-bond donors (Lipinski definition) is 1. The predicted molar refractivity (Wildman–Crippen MR) is 128 cm³/mol. The summed E-state index contributed by atoms with van der Waals surface area (Å²) in [6.07, 6.45) is 1.01. The normalized spacial score (nSPS) is 14.9. The maximum Gasteiger partial charge on any atom is 0.132 e. The fourth-order valence-corrected chi connectivity index (χ4v) is 9.32. The molecular weight excluding hydrogens is 378 g/mol. The van der Waals surface area contributed by atoms with Crippen molar-refractivity contribution in [1.29, 1.82) is 0 Å². The molecule has 0 aromatic heterocycles. The molecule has 0 saturated heterocycles. The first kappa shape index (κ1) is 23.0. The molecule has 0 unspecified atom stereocenters. The number of nitrogens with one attached hydrogen (secondary N) is 1. The van der Waals surface area contributed by atoms with E-state index < -0.39 is 19.1 Å². The molecule has 28 heavy (non-hydrogen) atoms. The van der Waals surface area contributed by atoms with Crippen LogP contribution in [0, 0.1) is 19.8 Å². The van der Waals surface area contributed by atoms with Crippen molar-refractivity contribution in [2.75, 3.05) is 0 Å². The Kier molecular flexibility index (Phi) is 7.46. The topological polar surface area (TPSA) is 29.1 Å². The molecule has 0 aliphatic rings. The highest BCUT2D eigenvalue weighted by Gasteiger charge is 2.42. The molecular formula is C24H37NOSSi. The predicted octanol–water partition coefficient (Wildman–Crippen LogP) is 4.50. The lowest BCUT2D eigenvalue weighted by atomic mass is 10.1. The van der Waals surface area contributed by atoms with Crippen LogP contribution >= 0.6 is 0 Å². The highest BCUT2D eigenvalue weighted by Crippen LogP contribution is 2.21. The van der Waals surface area contributed by atoms with Gasteiger partial charge < -0.3 is 0 Å². The summed E-state index contributed by atoms with van der Waals surface area (Å²) in [5, 5.41) is 2.79. The number of hydrogen-bond acceptors (Lipinski definition) is 1. The molecule has 0 radical (unpaired) electrons. The van der Waals surface area contributed by atoms with Crippen LogP contribution in [0.3, 0.4) is 0 Å². The van der Waals surface area contributed by atoms with Crippen LogP contribution < -0.4 is 15.1 Å².